The summed E-state index contributed by atoms with van der Waals surface area (Å²) in [6.45, 7) is 4.19. The summed E-state index contributed by atoms with van der Waals surface area (Å²) in [7, 11) is 0. The van der Waals surface area contributed by atoms with Crippen molar-refractivity contribution in [2.45, 2.75) is 58.8 Å². The molecule has 0 unspecified atom stereocenters. The minimum absolute atomic E-state index is 0.150. The molecule has 0 aliphatic rings. The monoisotopic (exact) mass is 394 g/mol. The van der Waals surface area contributed by atoms with Crippen LogP contribution in [0.2, 0.25) is 0 Å². The van der Waals surface area contributed by atoms with E-state index in [0.717, 1.165) is 44.1 Å². The minimum Gasteiger partial charge on any atom is -0.236 e. The molecule has 152 valence electrons. The van der Waals surface area contributed by atoms with Crippen LogP contribution < -0.4 is 0 Å². The lowest BCUT2D eigenvalue weighted by molar-refractivity contribution is 0.547. The van der Waals surface area contributed by atoms with Gasteiger partial charge in [-0.3, -0.25) is 0 Å². The highest BCUT2D eigenvalue weighted by atomic mass is 19.1. The van der Waals surface area contributed by atoms with Gasteiger partial charge in [0.1, 0.15) is 11.6 Å². The van der Waals surface area contributed by atoms with Crippen molar-refractivity contribution in [1.82, 2.24) is 9.97 Å². The van der Waals surface area contributed by atoms with Gasteiger partial charge in [0.2, 0.25) is 0 Å². The fraction of sp³-hybridized carbons (Fsp3) is 0.360. The maximum absolute atomic E-state index is 14.5. The number of rotatable bonds is 9. The van der Waals surface area contributed by atoms with Crippen LogP contribution in [0.4, 0.5) is 8.78 Å². The van der Waals surface area contributed by atoms with Crippen LogP contribution in [0.3, 0.4) is 0 Å². The van der Waals surface area contributed by atoms with Crippen molar-refractivity contribution in [2.24, 2.45) is 0 Å². The summed E-state index contributed by atoms with van der Waals surface area (Å²) in [5.74, 6) is -0.683. The topological polar surface area (TPSA) is 25.8 Å². The lowest BCUT2D eigenvalue weighted by Crippen LogP contribution is -2.00. The SMILES string of the molecule is CCCCc1cnc(-c2cc(F)c(CCCCc3ccc(C)cc3)c(F)c2)nc1. The molecule has 1 heterocycles. The Morgan fingerprint density at radius 1 is 0.759 bits per heavy atom. The first-order chi connectivity index (χ1) is 14.1. The molecule has 0 aliphatic carbocycles. The van der Waals surface area contributed by atoms with Crippen LogP contribution >= 0.6 is 0 Å². The third kappa shape index (κ3) is 5.93. The Labute approximate surface area is 172 Å². The van der Waals surface area contributed by atoms with Crippen LogP contribution in [-0.4, -0.2) is 9.97 Å². The Morgan fingerprint density at radius 2 is 1.34 bits per heavy atom. The van der Waals surface area contributed by atoms with Gasteiger partial charge in [-0.25, -0.2) is 18.7 Å². The van der Waals surface area contributed by atoms with Gasteiger partial charge in [0.25, 0.3) is 0 Å². The molecule has 0 saturated carbocycles. The number of aromatic nitrogens is 2. The van der Waals surface area contributed by atoms with E-state index in [9.17, 15) is 8.78 Å². The van der Waals surface area contributed by atoms with Crippen LogP contribution in [-0.2, 0) is 19.3 Å². The second-order valence-electron chi connectivity index (χ2n) is 7.63. The van der Waals surface area contributed by atoms with Crippen LogP contribution in [0.15, 0.2) is 48.8 Å². The molecule has 0 saturated heterocycles. The van der Waals surface area contributed by atoms with E-state index >= 15 is 0 Å². The molecule has 29 heavy (non-hydrogen) atoms. The third-order valence-corrected chi connectivity index (χ3v) is 5.19. The van der Waals surface area contributed by atoms with Crippen molar-refractivity contribution in [3.63, 3.8) is 0 Å². The molecular formula is C25H28F2N2. The Hall–Kier alpha value is -2.62. The molecule has 0 amide bonds. The average molecular weight is 395 g/mol. The molecule has 0 aliphatic heterocycles. The number of unbranched alkanes of at least 4 members (excludes halogenated alkanes) is 2. The van der Waals surface area contributed by atoms with Crippen molar-refractivity contribution < 1.29 is 8.78 Å². The zero-order chi connectivity index (χ0) is 20.6. The second-order valence-corrected chi connectivity index (χ2v) is 7.63. The predicted octanol–water partition coefficient (Wildman–Crippen LogP) is 6.64. The van der Waals surface area contributed by atoms with Crippen LogP contribution in [0.5, 0.6) is 0 Å². The van der Waals surface area contributed by atoms with Gasteiger partial charge in [0.15, 0.2) is 5.82 Å². The summed E-state index contributed by atoms with van der Waals surface area (Å²) >= 11 is 0. The highest BCUT2D eigenvalue weighted by Crippen LogP contribution is 2.23. The fourth-order valence-corrected chi connectivity index (χ4v) is 3.37. The van der Waals surface area contributed by atoms with Crippen LogP contribution in [0, 0.1) is 18.6 Å². The van der Waals surface area contributed by atoms with Crippen molar-refractivity contribution in [2.75, 3.05) is 0 Å². The first-order valence-electron chi connectivity index (χ1n) is 10.4. The summed E-state index contributed by atoms with van der Waals surface area (Å²) in [6, 6.07) is 11.1. The Bertz CT molecular complexity index is 896. The van der Waals surface area contributed by atoms with E-state index < -0.39 is 11.6 Å². The van der Waals surface area contributed by atoms with E-state index in [-0.39, 0.29) is 5.56 Å². The molecule has 0 spiro atoms. The highest BCUT2D eigenvalue weighted by Gasteiger charge is 2.13. The van der Waals surface area contributed by atoms with E-state index in [4.69, 9.17) is 0 Å². The first-order valence-corrected chi connectivity index (χ1v) is 10.4. The maximum atomic E-state index is 14.5. The molecule has 3 rings (SSSR count). The fourth-order valence-electron chi connectivity index (χ4n) is 3.37. The van der Waals surface area contributed by atoms with Gasteiger partial charge >= 0.3 is 0 Å². The van der Waals surface area contributed by atoms with Gasteiger partial charge in [0.05, 0.1) is 0 Å². The van der Waals surface area contributed by atoms with Gasteiger partial charge in [-0.2, -0.15) is 0 Å². The van der Waals surface area contributed by atoms with Gasteiger partial charge in [-0.1, -0.05) is 43.2 Å². The average Bonchev–Trinajstić information content (AvgIpc) is 2.72. The van der Waals surface area contributed by atoms with Crippen molar-refractivity contribution >= 4 is 0 Å². The van der Waals surface area contributed by atoms with E-state index in [2.05, 4.69) is 48.1 Å². The number of hydrogen-bond acceptors (Lipinski definition) is 2. The molecule has 0 N–H and O–H groups in total. The van der Waals surface area contributed by atoms with E-state index in [1.54, 1.807) is 12.4 Å². The molecule has 2 aromatic carbocycles. The van der Waals surface area contributed by atoms with E-state index in [0.29, 0.717) is 17.8 Å². The predicted molar refractivity (Wildman–Crippen MR) is 114 cm³/mol. The highest BCUT2D eigenvalue weighted by molar-refractivity contribution is 5.56. The molecule has 0 fully saturated rings. The number of benzene rings is 2. The molecule has 0 radical (unpaired) electrons. The quantitative estimate of drug-likeness (QED) is 0.380. The maximum Gasteiger partial charge on any atom is 0.159 e. The lowest BCUT2D eigenvalue weighted by atomic mass is 10.0. The van der Waals surface area contributed by atoms with Gasteiger partial charge in [-0.05, 0) is 68.7 Å². The smallest absolute Gasteiger partial charge is 0.159 e. The van der Waals surface area contributed by atoms with Crippen molar-refractivity contribution in [3.8, 4) is 11.4 Å². The van der Waals surface area contributed by atoms with E-state index in [1.807, 2.05) is 0 Å². The Balaban J connectivity index is 1.60. The first kappa shape index (κ1) is 21.1. The summed E-state index contributed by atoms with van der Waals surface area (Å²) in [4.78, 5) is 8.57. The number of halogens is 2. The molecule has 0 bridgehead atoms. The molecule has 4 heteroatoms. The van der Waals surface area contributed by atoms with Gasteiger partial charge < -0.3 is 0 Å². The summed E-state index contributed by atoms with van der Waals surface area (Å²) in [5, 5.41) is 0. The van der Waals surface area contributed by atoms with Crippen molar-refractivity contribution in [3.05, 3.63) is 82.7 Å². The zero-order valence-corrected chi connectivity index (χ0v) is 17.2. The Morgan fingerprint density at radius 3 is 1.97 bits per heavy atom. The van der Waals surface area contributed by atoms with Crippen LogP contribution in [0.25, 0.3) is 11.4 Å². The van der Waals surface area contributed by atoms with Crippen molar-refractivity contribution in [1.29, 1.82) is 0 Å². The molecular weight excluding hydrogens is 366 g/mol. The molecule has 2 nitrogen and oxygen atoms in total. The van der Waals surface area contributed by atoms with Gasteiger partial charge in [0, 0.05) is 23.5 Å². The minimum atomic E-state index is -0.519. The molecule has 0 atom stereocenters. The number of hydrogen-bond donors (Lipinski definition) is 0. The third-order valence-electron chi connectivity index (χ3n) is 5.19. The second kappa shape index (κ2) is 10.2. The summed E-state index contributed by atoms with van der Waals surface area (Å²) in [5.41, 5.74) is 4.06. The molecule has 3 aromatic rings. The largest absolute Gasteiger partial charge is 0.236 e. The summed E-state index contributed by atoms with van der Waals surface area (Å²) in [6.07, 6.45) is 9.52. The number of nitrogens with zero attached hydrogens (tertiary/aromatic N) is 2. The van der Waals surface area contributed by atoms with Crippen LogP contribution in [0.1, 0.15) is 54.9 Å². The lowest BCUT2D eigenvalue weighted by Gasteiger charge is -2.09. The normalized spacial score (nSPS) is 11.0. The molecule has 1 aromatic heterocycles. The Kier molecular flexibility index (Phi) is 7.45. The zero-order valence-electron chi connectivity index (χ0n) is 17.2. The van der Waals surface area contributed by atoms with E-state index in [1.165, 1.54) is 23.3 Å². The van der Waals surface area contributed by atoms with Gasteiger partial charge in [-0.15, -0.1) is 0 Å². The summed E-state index contributed by atoms with van der Waals surface area (Å²) < 4.78 is 29.1. The standard InChI is InChI=1S/C25H28F2N2/c1-3-4-7-20-16-28-25(29-17-20)21-14-23(26)22(24(27)15-21)9-6-5-8-19-12-10-18(2)11-13-19/h10-17H,3-9H2,1-2H3. The number of aryl methyl sites for hydroxylation is 3.